The largest absolute Gasteiger partial charge is 0.433 e. The third-order valence-corrected chi connectivity index (χ3v) is 3.46. The first kappa shape index (κ1) is 15.9. The van der Waals surface area contributed by atoms with Crippen molar-refractivity contribution in [2.45, 2.75) is 6.18 Å². The summed E-state index contributed by atoms with van der Waals surface area (Å²) in [6, 6.07) is 5.75. The number of hydrogen-bond acceptors (Lipinski definition) is 7. The van der Waals surface area contributed by atoms with Crippen LogP contribution in [-0.2, 0) is 6.18 Å². The first-order valence-corrected chi connectivity index (χ1v) is 7.28. The van der Waals surface area contributed by atoms with Gasteiger partial charge in [-0.3, -0.25) is 9.55 Å². The Bertz CT molecular complexity index is 1060. The zero-order valence-electron chi connectivity index (χ0n) is 12.9. The highest BCUT2D eigenvalue weighted by Crippen LogP contribution is 2.30. The Hall–Kier alpha value is -3.63. The molecular weight excluding hydrogens is 349 g/mol. The molecule has 0 aliphatic rings. The maximum Gasteiger partial charge on any atom is 0.433 e. The Kier molecular flexibility index (Phi) is 3.68. The number of nitrogens with zero attached hydrogens (tertiary/aromatic N) is 7. The van der Waals surface area contributed by atoms with E-state index in [1.807, 2.05) is 0 Å². The van der Waals surface area contributed by atoms with Crippen molar-refractivity contribution in [2.75, 3.05) is 5.32 Å². The molecular formula is C15H9F3N8. The SMILES string of the molecule is FC(F)(F)c1cc(Nc2ncnc3ccc(-n4cnnc4)nc23)ccn1. The van der Waals surface area contributed by atoms with Crippen LogP contribution in [0, 0.1) is 0 Å². The lowest BCUT2D eigenvalue weighted by Crippen LogP contribution is -2.08. The third-order valence-electron chi connectivity index (χ3n) is 3.46. The highest BCUT2D eigenvalue weighted by atomic mass is 19.4. The highest BCUT2D eigenvalue weighted by Gasteiger charge is 2.32. The van der Waals surface area contributed by atoms with E-state index in [4.69, 9.17) is 0 Å². The minimum absolute atomic E-state index is 0.184. The first-order valence-electron chi connectivity index (χ1n) is 7.28. The van der Waals surface area contributed by atoms with Crippen LogP contribution in [0.15, 0.2) is 49.4 Å². The summed E-state index contributed by atoms with van der Waals surface area (Å²) in [6.45, 7) is 0. The van der Waals surface area contributed by atoms with Gasteiger partial charge in [-0.2, -0.15) is 13.2 Å². The molecule has 4 rings (SSSR count). The second-order valence-corrected chi connectivity index (χ2v) is 5.18. The van der Waals surface area contributed by atoms with Crippen LogP contribution >= 0.6 is 0 Å². The van der Waals surface area contributed by atoms with Crippen LogP contribution in [0.2, 0.25) is 0 Å². The van der Waals surface area contributed by atoms with E-state index < -0.39 is 11.9 Å². The van der Waals surface area contributed by atoms with Crippen LogP contribution < -0.4 is 5.32 Å². The van der Waals surface area contributed by atoms with Crippen LogP contribution in [0.25, 0.3) is 16.9 Å². The minimum Gasteiger partial charge on any atom is -0.338 e. The van der Waals surface area contributed by atoms with Gasteiger partial charge in [-0.05, 0) is 24.3 Å². The van der Waals surface area contributed by atoms with E-state index in [9.17, 15) is 13.2 Å². The number of rotatable bonds is 3. The van der Waals surface area contributed by atoms with Crippen LogP contribution in [0.5, 0.6) is 0 Å². The van der Waals surface area contributed by atoms with Crippen molar-refractivity contribution in [2.24, 2.45) is 0 Å². The lowest BCUT2D eigenvalue weighted by atomic mass is 10.3. The van der Waals surface area contributed by atoms with Gasteiger partial charge in [0, 0.05) is 11.9 Å². The molecule has 0 amide bonds. The minimum atomic E-state index is -4.54. The number of nitrogens with one attached hydrogen (secondary N) is 1. The summed E-state index contributed by atoms with van der Waals surface area (Å²) in [5.74, 6) is 0.787. The van der Waals surface area contributed by atoms with E-state index in [0.29, 0.717) is 16.9 Å². The Morgan fingerprint density at radius 1 is 0.962 bits per heavy atom. The monoisotopic (exact) mass is 358 g/mol. The van der Waals surface area contributed by atoms with Crippen LogP contribution in [0.4, 0.5) is 24.7 Å². The summed E-state index contributed by atoms with van der Waals surface area (Å²) in [7, 11) is 0. The van der Waals surface area contributed by atoms with Gasteiger partial charge in [0.25, 0.3) is 0 Å². The molecule has 0 unspecified atom stereocenters. The van der Waals surface area contributed by atoms with Crippen molar-refractivity contribution in [1.29, 1.82) is 0 Å². The summed E-state index contributed by atoms with van der Waals surface area (Å²) in [5.41, 5.74) is 0.108. The van der Waals surface area contributed by atoms with E-state index in [2.05, 4.69) is 35.5 Å². The van der Waals surface area contributed by atoms with Gasteiger partial charge in [-0.15, -0.1) is 10.2 Å². The predicted octanol–water partition coefficient (Wildman–Crippen LogP) is 2.76. The van der Waals surface area contributed by atoms with Gasteiger partial charge in [0.1, 0.15) is 36.0 Å². The van der Waals surface area contributed by atoms with Crippen LogP contribution in [0.3, 0.4) is 0 Å². The molecule has 0 aromatic carbocycles. The Morgan fingerprint density at radius 3 is 2.54 bits per heavy atom. The Balaban J connectivity index is 1.76. The average molecular weight is 358 g/mol. The zero-order chi connectivity index (χ0) is 18.1. The summed E-state index contributed by atoms with van der Waals surface area (Å²) >= 11 is 0. The van der Waals surface area contributed by atoms with Gasteiger partial charge < -0.3 is 5.32 Å². The molecule has 0 atom stereocenters. The van der Waals surface area contributed by atoms with Crippen molar-refractivity contribution >= 4 is 22.5 Å². The normalized spacial score (nSPS) is 11.7. The van der Waals surface area contributed by atoms with Crippen LogP contribution in [0.1, 0.15) is 5.69 Å². The smallest absolute Gasteiger partial charge is 0.338 e. The number of fused-ring (bicyclic) bond motifs is 1. The molecule has 0 radical (unpaired) electrons. The van der Waals surface area contributed by atoms with E-state index in [0.717, 1.165) is 12.3 Å². The maximum atomic E-state index is 12.8. The van der Waals surface area contributed by atoms with Gasteiger partial charge in [0.15, 0.2) is 5.82 Å². The quantitative estimate of drug-likeness (QED) is 0.602. The number of halogens is 3. The maximum absolute atomic E-state index is 12.8. The van der Waals surface area contributed by atoms with Crippen molar-refractivity contribution in [3.63, 3.8) is 0 Å². The average Bonchev–Trinajstić information content (AvgIpc) is 3.16. The molecule has 8 nitrogen and oxygen atoms in total. The molecule has 0 saturated heterocycles. The molecule has 0 spiro atoms. The molecule has 4 heterocycles. The Morgan fingerprint density at radius 2 is 1.77 bits per heavy atom. The second-order valence-electron chi connectivity index (χ2n) is 5.18. The van der Waals surface area contributed by atoms with E-state index >= 15 is 0 Å². The van der Waals surface area contributed by atoms with Crippen molar-refractivity contribution in [3.8, 4) is 5.82 Å². The fourth-order valence-corrected chi connectivity index (χ4v) is 2.28. The second kappa shape index (κ2) is 6.02. The molecule has 4 aromatic heterocycles. The Labute approximate surface area is 143 Å². The molecule has 0 bridgehead atoms. The zero-order valence-corrected chi connectivity index (χ0v) is 12.9. The summed E-state index contributed by atoms with van der Waals surface area (Å²) < 4.78 is 40.1. The third kappa shape index (κ3) is 3.01. The highest BCUT2D eigenvalue weighted by molar-refractivity contribution is 5.87. The van der Waals surface area contributed by atoms with Gasteiger partial charge in [-0.25, -0.2) is 15.0 Å². The molecule has 130 valence electrons. The molecule has 0 aliphatic carbocycles. The van der Waals surface area contributed by atoms with Crippen molar-refractivity contribution in [1.82, 2.24) is 34.7 Å². The fraction of sp³-hybridized carbons (Fsp3) is 0.0667. The van der Waals surface area contributed by atoms with Crippen molar-refractivity contribution in [3.05, 3.63) is 55.1 Å². The molecule has 26 heavy (non-hydrogen) atoms. The summed E-state index contributed by atoms with van der Waals surface area (Å²) in [6.07, 6.45) is 0.791. The first-order chi connectivity index (χ1) is 12.5. The number of hydrogen-bond donors (Lipinski definition) is 1. The molecule has 4 aromatic rings. The lowest BCUT2D eigenvalue weighted by Gasteiger charge is -2.11. The van der Waals surface area contributed by atoms with E-state index in [1.165, 1.54) is 25.0 Å². The topological polar surface area (TPSA) is 94.3 Å². The number of anilines is 2. The molecule has 0 fully saturated rings. The summed E-state index contributed by atoms with van der Waals surface area (Å²) in [5, 5.41) is 10.3. The number of alkyl halides is 3. The molecule has 0 saturated carbocycles. The number of pyridine rings is 2. The number of aromatic nitrogens is 7. The lowest BCUT2D eigenvalue weighted by molar-refractivity contribution is -0.141. The standard InChI is InChI=1S/C15H9F3N8/c16-15(17,18)11-5-9(3-4-19-11)24-14-13-10(20-6-21-14)1-2-12(25-13)26-7-22-23-8-26/h1-8H,(H,19,20,21,24). The van der Waals surface area contributed by atoms with Crippen LogP contribution in [-0.4, -0.2) is 34.7 Å². The molecule has 11 heteroatoms. The van der Waals surface area contributed by atoms with Gasteiger partial charge in [0.05, 0.1) is 5.52 Å². The summed E-state index contributed by atoms with van der Waals surface area (Å²) in [4.78, 5) is 16.0. The molecule has 0 aliphatic heterocycles. The van der Waals surface area contributed by atoms with Gasteiger partial charge >= 0.3 is 6.18 Å². The predicted molar refractivity (Wildman–Crippen MR) is 84.8 cm³/mol. The van der Waals surface area contributed by atoms with Gasteiger partial charge in [0.2, 0.25) is 0 Å². The van der Waals surface area contributed by atoms with Crippen molar-refractivity contribution < 1.29 is 13.2 Å². The fourth-order valence-electron chi connectivity index (χ4n) is 2.28. The molecule has 1 N–H and O–H groups in total. The van der Waals surface area contributed by atoms with Gasteiger partial charge in [-0.1, -0.05) is 0 Å². The van der Waals surface area contributed by atoms with E-state index in [-0.39, 0.29) is 11.5 Å². The van der Waals surface area contributed by atoms with E-state index in [1.54, 1.807) is 16.7 Å².